The Morgan fingerprint density at radius 3 is 2.94 bits per heavy atom. The second-order valence-corrected chi connectivity index (χ2v) is 3.42. The summed E-state index contributed by atoms with van der Waals surface area (Å²) in [6, 6.07) is 0. The molecule has 0 aromatic carbocycles. The van der Waals surface area contributed by atoms with E-state index >= 15 is 0 Å². The molecule has 16 heavy (non-hydrogen) atoms. The number of rotatable bonds is 6. The summed E-state index contributed by atoms with van der Waals surface area (Å²) in [5.41, 5.74) is 8.50. The van der Waals surface area contributed by atoms with Gasteiger partial charge in [-0.1, -0.05) is 6.08 Å². The van der Waals surface area contributed by atoms with E-state index in [9.17, 15) is 0 Å². The van der Waals surface area contributed by atoms with Crippen molar-refractivity contribution in [2.75, 3.05) is 20.3 Å². The summed E-state index contributed by atoms with van der Waals surface area (Å²) in [6.07, 6.45) is 3.61. The van der Waals surface area contributed by atoms with Crippen molar-refractivity contribution in [1.29, 1.82) is 0 Å². The molecule has 1 aromatic heterocycles. The normalized spacial score (nSPS) is 12.1. The Balaban J connectivity index is 2.67. The summed E-state index contributed by atoms with van der Waals surface area (Å²) in [5.74, 6) is 0. The van der Waals surface area contributed by atoms with Crippen LogP contribution in [0.4, 0.5) is 0 Å². The highest BCUT2D eigenvalue weighted by atomic mass is 16.5. The predicted octanol–water partition coefficient (Wildman–Crippen LogP) is 0.903. The van der Waals surface area contributed by atoms with Crippen molar-refractivity contribution in [3.05, 3.63) is 23.5 Å². The van der Waals surface area contributed by atoms with Crippen LogP contribution in [0.1, 0.15) is 18.2 Å². The van der Waals surface area contributed by atoms with Gasteiger partial charge in [0.15, 0.2) is 0 Å². The zero-order valence-electron chi connectivity index (χ0n) is 10.1. The molecule has 90 valence electrons. The van der Waals surface area contributed by atoms with Crippen LogP contribution < -0.4 is 5.73 Å². The van der Waals surface area contributed by atoms with Crippen LogP contribution >= 0.6 is 0 Å². The highest BCUT2D eigenvalue weighted by molar-refractivity contribution is 5.63. The average molecular weight is 225 g/mol. The van der Waals surface area contributed by atoms with Crippen LogP contribution in [-0.2, 0) is 23.1 Å². The van der Waals surface area contributed by atoms with Gasteiger partial charge in [-0.25, -0.2) is 0 Å². The van der Waals surface area contributed by atoms with Crippen molar-refractivity contribution < 1.29 is 9.47 Å². The first kappa shape index (κ1) is 12.7. The van der Waals surface area contributed by atoms with E-state index in [1.54, 1.807) is 18.0 Å². The molecule has 1 rings (SSSR count). The van der Waals surface area contributed by atoms with E-state index in [1.807, 2.05) is 20.0 Å². The summed E-state index contributed by atoms with van der Waals surface area (Å²) >= 11 is 0. The fraction of sp³-hybridized carbons (Fsp3) is 0.545. The predicted molar refractivity (Wildman–Crippen MR) is 62.6 cm³/mol. The second-order valence-electron chi connectivity index (χ2n) is 3.42. The Hall–Kier alpha value is -1.33. The first-order chi connectivity index (χ1) is 7.70. The molecule has 0 fully saturated rings. The number of aromatic nitrogens is 2. The topological polar surface area (TPSA) is 62.3 Å². The Morgan fingerprint density at radius 1 is 1.56 bits per heavy atom. The largest absolute Gasteiger partial charge is 0.398 e. The van der Waals surface area contributed by atoms with Crippen LogP contribution in [0.3, 0.4) is 0 Å². The van der Waals surface area contributed by atoms with Crippen LogP contribution in [0.25, 0.3) is 5.70 Å². The fourth-order valence-corrected chi connectivity index (χ4v) is 1.34. The fourth-order valence-electron chi connectivity index (χ4n) is 1.34. The number of methoxy groups -OCH3 is 1. The van der Waals surface area contributed by atoms with Crippen LogP contribution in [0.5, 0.6) is 0 Å². The van der Waals surface area contributed by atoms with Gasteiger partial charge in [0.25, 0.3) is 0 Å². The molecule has 1 heterocycles. The summed E-state index contributed by atoms with van der Waals surface area (Å²) in [7, 11) is 3.53. The standard InChI is InChI=1S/C11H19N3O2/c1-4-10(12)9-7-13-14(2)11(9)8-16-6-5-15-3/h4,7H,5-6,8,12H2,1-3H3/b10-4-. The van der Waals surface area contributed by atoms with Gasteiger partial charge in [-0.15, -0.1) is 0 Å². The molecule has 0 unspecified atom stereocenters. The molecule has 0 aliphatic rings. The molecule has 0 bridgehead atoms. The van der Waals surface area contributed by atoms with Gasteiger partial charge < -0.3 is 15.2 Å². The minimum Gasteiger partial charge on any atom is -0.398 e. The summed E-state index contributed by atoms with van der Waals surface area (Å²) in [6.45, 7) is 3.55. The molecule has 5 heteroatoms. The zero-order chi connectivity index (χ0) is 12.0. The Labute approximate surface area is 95.8 Å². The zero-order valence-corrected chi connectivity index (χ0v) is 10.1. The van der Waals surface area contributed by atoms with E-state index in [-0.39, 0.29) is 0 Å². The van der Waals surface area contributed by atoms with Crippen LogP contribution in [0.15, 0.2) is 12.3 Å². The molecular weight excluding hydrogens is 206 g/mol. The second kappa shape index (κ2) is 6.30. The number of hydrogen-bond donors (Lipinski definition) is 1. The third-order valence-corrected chi connectivity index (χ3v) is 2.35. The lowest BCUT2D eigenvalue weighted by atomic mass is 10.2. The number of nitrogens with two attached hydrogens (primary N) is 1. The molecule has 0 spiro atoms. The van der Waals surface area contributed by atoms with Crippen molar-refractivity contribution in [2.45, 2.75) is 13.5 Å². The lowest BCUT2D eigenvalue weighted by Gasteiger charge is -2.07. The van der Waals surface area contributed by atoms with E-state index in [0.717, 1.165) is 17.0 Å². The first-order valence-electron chi connectivity index (χ1n) is 5.20. The van der Waals surface area contributed by atoms with Crippen molar-refractivity contribution in [3.63, 3.8) is 0 Å². The van der Waals surface area contributed by atoms with Gasteiger partial charge >= 0.3 is 0 Å². The monoisotopic (exact) mass is 225 g/mol. The summed E-state index contributed by atoms with van der Waals surface area (Å²) in [4.78, 5) is 0. The number of nitrogens with zero attached hydrogens (tertiary/aromatic N) is 2. The van der Waals surface area contributed by atoms with Gasteiger partial charge in [0.2, 0.25) is 0 Å². The molecule has 0 aliphatic carbocycles. The van der Waals surface area contributed by atoms with Gasteiger partial charge in [0, 0.05) is 25.4 Å². The Kier molecular flexibility index (Phi) is 5.01. The molecule has 0 amide bonds. The molecule has 0 saturated heterocycles. The lowest BCUT2D eigenvalue weighted by Crippen LogP contribution is -2.08. The van der Waals surface area contributed by atoms with E-state index < -0.39 is 0 Å². The lowest BCUT2D eigenvalue weighted by molar-refractivity contribution is 0.0588. The van der Waals surface area contributed by atoms with Gasteiger partial charge in [-0.2, -0.15) is 5.10 Å². The Morgan fingerprint density at radius 2 is 2.31 bits per heavy atom. The molecule has 0 saturated carbocycles. The van der Waals surface area contributed by atoms with E-state index in [4.69, 9.17) is 15.2 Å². The first-order valence-corrected chi connectivity index (χ1v) is 5.20. The van der Waals surface area contributed by atoms with E-state index in [1.165, 1.54) is 0 Å². The SMILES string of the molecule is C/C=C(\N)c1cnn(C)c1COCCOC. The third kappa shape index (κ3) is 3.08. The van der Waals surface area contributed by atoms with Crippen molar-refractivity contribution >= 4 is 5.70 Å². The molecule has 0 radical (unpaired) electrons. The minimum absolute atomic E-state index is 0.490. The average Bonchev–Trinajstić information content (AvgIpc) is 2.65. The van der Waals surface area contributed by atoms with Gasteiger partial charge in [-0.3, -0.25) is 4.68 Å². The summed E-state index contributed by atoms with van der Waals surface area (Å²) in [5, 5.41) is 4.17. The molecule has 2 N–H and O–H groups in total. The quantitative estimate of drug-likeness (QED) is 0.731. The van der Waals surface area contributed by atoms with Crippen molar-refractivity contribution in [1.82, 2.24) is 9.78 Å². The number of hydrogen-bond acceptors (Lipinski definition) is 4. The highest BCUT2D eigenvalue weighted by Crippen LogP contribution is 2.15. The molecule has 1 aromatic rings. The van der Waals surface area contributed by atoms with Crippen LogP contribution in [-0.4, -0.2) is 30.1 Å². The number of allylic oxidation sites excluding steroid dienone is 1. The van der Waals surface area contributed by atoms with Gasteiger partial charge in [0.05, 0.1) is 31.7 Å². The van der Waals surface area contributed by atoms with Gasteiger partial charge in [0.1, 0.15) is 0 Å². The maximum Gasteiger partial charge on any atom is 0.0892 e. The maximum atomic E-state index is 5.87. The molecular formula is C11H19N3O2. The van der Waals surface area contributed by atoms with Crippen LogP contribution in [0.2, 0.25) is 0 Å². The van der Waals surface area contributed by atoms with E-state index in [2.05, 4.69) is 5.10 Å². The van der Waals surface area contributed by atoms with E-state index in [0.29, 0.717) is 19.8 Å². The molecule has 5 nitrogen and oxygen atoms in total. The molecule has 0 atom stereocenters. The van der Waals surface area contributed by atoms with Gasteiger partial charge in [-0.05, 0) is 6.92 Å². The number of ether oxygens (including phenoxy) is 2. The molecule has 0 aliphatic heterocycles. The Bertz CT molecular complexity index is 358. The van der Waals surface area contributed by atoms with Crippen LogP contribution in [0, 0.1) is 0 Å². The third-order valence-electron chi connectivity index (χ3n) is 2.35. The number of aryl methyl sites for hydroxylation is 1. The van der Waals surface area contributed by atoms with Crippen molar-refractivity contribution in [2.24, 2.45) is 12.8 Å². The minimum atomic E-state index is 0.490. The smallest absolute Gasteiger partial charge is 0.0892 e. The summed E-state index contributed by atoms with van der Waals surface area (Å²) < 4.78 is 12.1. The highest BCUT2D eigenvalue weighted by Gasteiger charge is 2.10. The maximum absolute atomic E-state index is 5.87. The van der Waals surface area contributed by atoms with Crippen molar-refractivity contribution in [3.8, 4) is 0 Å².